The monoisotopic (exact) mass is 298 g/mol. The number of benzene rings is 1. The second-order valence-corrected chi connectivity index (χ2v) is 5.41. The smallest absolute Gasteiger partial charge is 0.119 e. The van der Waals surface area contributed by atoms with Gasteiger partial charge in [0.2, 0.25) is 0 Å². The molecule has 0 bridgehead atoms. The van der Waals surface area contributed by atoms with Crippen LogP contribution in [0.3, 0.4) is 0 Å². The lowest BCUT2D eigenvalue weighted by atomic mass is 10.3. The Morgan fingerprint density at radius 2 is 1.50 bits per heavy atom. The fourth-order valence-corrected chi connectivity index (χ4v) is 2.41. The molecule has 1 aromatic rings. The van der Waals surface area contributed by atoms with Gasteiger partial charge in [0, 0.05) is 51.4 Å². The van der Waals surface area contributed by atoms with Crippen molar-refractivity contribution in [2.75, 3.05) is 59.6 Å². The van der Waals surface area contributed by atoms with Crippen molar-refractivity contribution in [2.45, 2.75) is 0 Å². The van der Waals surface area contributed by atoms with Crippen molar-refractivity contribution in [1.82, 2.24) is 9.80 Å². The molecular formula is C15H23ClN2O2. The number of methoxy groups -OCH3 is 1. The summed E-state index contributed by atoms with van der Waals surface area (Å²) in [6.07, 6.45) is 0. The van der Waals surface area contributed by atoms with Crippen molar-refractivity contribution in [2.24, 2.45) is 0 Å². The van der Waals surface area contributed by atoms with Gasteiger partial charge < -0.3 is 9.47 Å². The summed E-state index contributed by atoms with van der Waals surface area (Å²) in [5.74, 6) is 0.883. The normalized spacial score (nSPS) is 17.3. The second-order valence-electron chi connectivity index (χ2n) is 4.98. The lowest BCUT2D eigenvalue weighted by Gasteiger charge is -2.34. The van der Waals surface area contributed by atoms with Crippen LogP contribution in [0, 0.1) is 0 Å². The molecule has 20 heavy (non-hydrogen) atoms. The predicted octanol–water partition coefficient (Wildman–Crippen LogP) is 1.98. The molecule has 1 aliphatic heterocycles. The van der Waals surface area contributed by atoms with E-state index in [0.717, 1.165) is 63.3 Å². The first-order valence-corrected chi connectivity index (χ1v) is 7.48. The number of rotatable bonds is 7. The Kier molecular flexibility index (Phi) is 6.60. The fourth-order valence-electron chi connectivity index (χ4n) is 2.28. The van der Waals surface area contributed by atoms with Gasteiger partial charge in [0.25, 0.3) is 0 Å². The summed E-state index contributed by atoms with van der Waals surface area (Å²) >= 11 is 5.84. The van der Waals surface area contributed by atoms with Gasteiger partial charge in [-0.1, -0.05) is 11.6 Å². The average molecular weight is 299 g/mol. The third kappa shape index (κ3) is 5.29. The molecule has 112 valence electrons. The van der Waals surface area contributed by atoms with Crippen LogP contribution in [-0.4, -0.2) is 69.4 Å². The first kappa shape index (κ1) is 15.6. The Morgan fingerprint density at radius 3 is 2.05 bits per heavy atom. The largest absolute Gasteiger partial charge is 0.492 e. The summed E-state index contributed by atoms with van der Waals surface area (Å²) in [5.41, 5.74) is 0. The third-order valence-corrected chi connectivity index (χ3v) is 3.82. The van der Waals surface area contributed by atoms with Gasteiger partial charge >= 0.3 is 0 Å². The molecule has 0 saturated carbocycles. The Bertz CT molecular complexity index is 378. The standard InChI is InChI=1S/C15H23ClN2O2/c1-19-12-10-17-6-8-18(9-7-17)11-13-20-15-4-2-14(16)3-5-15/h2-5H,6-13H2,1H3. The third-order valence-electron chi connectivity index (χ3n) is 3.57. The van der Waals surface area contributed by atoms with Gasteiger partial charge in [-0.25, -0.2) is 0 Å². The molecule has 1 aromatic carbocycles. The molecule has 1 heterocycles. The number of piperazine rings is 1. The maximum atomic E-state index is 5.84. The summed E-state index contributed by atoms with van der Waals surface area (Å²) < 4.78 is 10.8. The molecule has 0 aliphatic carbocycles. The predicted molar refractivity (Wildman–Crippen MR) is 81.7 cm³/mol. The minimum atomic E-state index is 0.722. The molecule has 0 unspecified atom stereocenters. The van der Waals surface area contributed by atoms with E-state index in [1.54, 1.807) is 7.11 Å². The quantitative estimate of drug-likeness (QED) is 0.768. The Labute approximate surface area is 126 Å². The Morgan fingerprint density at radius 1 is 0.950 bits per heavy atom. The topological polar surface area (TPSA) is 24.9 Å². The first-order chi connectivity index (χ1) is 9.78. The fraction of sp³-hybridized carbons (Fsp3) is 0.600. The van der Waals surface area contributed by atoms with Crippen molar-refractivity contribution >= 4 is 11.6 Å². The van der Waals surface area contributed by atoms with Crippen molar-refractivity contribution < 1.29 is 9.47 Å². The van der Waals surface area contributed by atoms with Gasteiger partial charge in [0.15, 0.2) is 0 Å². The maximum Gasteiger partial charge on any atom is 0.119 e. The van der Waals surface area contributed by atoms with Gasteiger partial charge in [-0.05, 0) is 24.3 Å². The minimum absolute atomic E-state index is 0.722. The highest BCUT2D eigenvalue weighted by Crippen LogP contribution is 2.15. The summed E-state index contributed by atoms with van der Waals surface area (Å²) in [7, 11) is 1.75. The van der Waals surface area contributed by atoms with Crippen LogP contribution < -0.4 is 4.74 Å². The van der Waals surface area contributed by atoms with Crippen LogP contribution in [0.1, 0.15) is 0 Å². The van der Waals surface area contributed by atoms with E-state index in [1.165, 1.54) is 0 Å². The summed E-state index contributed by atoms with van der Waals surface area (Å²) in [4.78, 5) is 4.89. The van der Waals surface area contributed by atoms with Crippen LogP contribution in [0.25, 0.3) is 0 Å². The van der Waals surface area contributed by atoms with Crippen molar-refractivity contribution in [3.63, 3.8) is 0 Å². The molecule has 1 saturated heterocycles. The molecule has 5 heteroatoms. The van der Waals surface area contributed by atoms with Gasteiger partial charge in [-0.15, -0.1) is 0 Å². The van der Waals surface area contributed by atoms with Gasteiger partial charge in [0.05, 0.1) is 6.61 Å². The number of hydrogen-bond donors (Lipinski definition) is 0. The van der Waals surface area contributed by atoms with Crippen molar-refractivity contribution in [3.8, 4) is 5.75 Å². The molecular weight excluding hydrogens is 276 g/mol. The molecule has 1 aliphatic rings. The van der Waals surface area contributed by atoms with Gasteiger partial charge in [0.1, 0.15) is 12.4 Å². The molecule has 4 nitrogen and oxygen atoms in total. The van der Waals surface area contributed by atoms with E-state index in [-0.39, 0.29) is 0 Å². The number of halogens is 1. The van der Waals surface area contributed by atoms with Gasteiger partial charge in [-0.3, -0.25) is 9.80 Å². The summed E-state index contributed by atoms with van der Waals surface area (Å²) in [6.45, 7) is 7.99. The number of nitrogens with zero attached hydrogens (tertiary/aromatic N) is 2. The molecule has 2 rings (SSSR count). The zero-order valence-electron chi connectivity index (χ0n) is 12.1. The number of ether oxygens (including phenoxy) is 2. The van der Waals surface area contributed by atoms with Crippen LogP contribution in [-0.2, 0) is 4.74 Å². The van der Waals surface area contributed by atoms with Crippen LogP contribution in [0.4, 0.5) is 0 Å². The second kappa shape index (κ2) is 8.47. The van der Waals surface area contributed by atoms with Crippen molar-refractivity contribution in [3.05, 3.63) is 29.3 Å². The average Bonchev–Trinajstić information content (AvgIpc) is 2.48. The van der Waals surface area contributed by atoms with Crippen molar-refractivity contribution in [1.29, 1.82) is 0 Å². The van der Waals surface area contributed by atoms with Crippen LogP contribution in [0.5, 0.6) is 5.75 Å². The lowest BCUT2D eigenvalue weighted by Crippen LogP contribution is -2.48. The van der Waals surface area contributed by atoms with E-state index in [9.17, 15) is 0 Å². The van der Waals surface area contributed by atoms with Crippen LogP contribution in [0.15, 0.2) is 24.3 Å². The first-order valence-electron chi connectivity index (χ1n) is 7.10. The van der Waals surface area contributed by atoms with E-state index in [1.807, 2.05) is 24.3 Å². The van der Waals surface area contributed by atoms with E-state index in [0.29, 0.717) is 0 Å². The van der Waals surface area contributed by atoms with E-state index in [2.05, 4.69) is 9.80 Å². The molecule has 0 radical (unpaired) electrons. The van der Waals surface area contributed by atoms with E-state index in [4.69, 9.17) is 21.1 Å². The maximum absolute atomic E-state index is 5.84. The molecule has 0 amide bonds. The SMILES string of the molecule is COCCN1CCN(CCOc2ccc(Cl)cc2)CC1. The molecule has 1 fully saturated rings. The van der Waals surface area contributed by atoms with E-state index >= 15 is 0 Å². The molecule has 0 spiro atoms. The zero-order chi connectivity index (χ0) is 14.2. The lowest BCUT2D eigenvalue weighted by molar-refractivity contribution is 0.0894. The highest BCUT2D eigenvalue weighted by atomic mass is 35.5. The molecule has 0 N–H and O–H groups in total. The Hall–Kier alpha value is -0.810. The van der Waals surface area contributed by atoms with Crippen LogP contribution in [0.2, 0.25) is 5.02 Å². The molecule has 0 aromatic heterocycles. The highest BCUT2D eigenvalue weighted by Gasteiger charge is 2.15. The Balaban J connectivity index is 1.60. The summed E-state index contributed by atoms with van der Waals surface area (Å²) in [5, 5.41) is 0.740. The molecule has 0 atom stereocenters. The van der Waals surface area contributed by atoms with Gasteiger partial charge in [-0.2, -0.15) is 0 Å². The van der Waals surface area contributed by atoms with E-state index < -0.39 is 0 Å². The minimum Gasteiger partial charge on any atom is -0.492 e. The van der Waals surface area contributed by atoms with Crippen LogP contribution >= 0.6 is 11.6 Å². The highest BCUT2D eigenvalue weighted by molar-refractivity contribution is 6.30. The summed E-state index contributed by atoms with van der Waals surface area (Å²) in [6, 6.07) is 7.52. The number of hydrogen-bond acceptors (Lipinski definition) is 4. The zero-order valence-corrected chi connectivity index (χ0v) is 12.8.